The van der Waals surface area contributed by atoms with E-state index in [1.807, 2.05) is 31.1 Å². The zero-order chi connectivity index (χ0) is 21.4. The van der Waals surface area contributed by atoms with Gasteiger partial charge >= 0.3 is 5.97 Å². The van der Waals surface area contributed by atoms with E-state index >= 15 is 0 Å². The zero-order valence-corrected chi connectivity index (χ0v) is 17.2. The van der Waals surface area contributed by atoms with E-state index < -0.39 is 5.97 Å². The van der Waals surface area contributed by atoms with Gasteiger partial charge in [0.05, 0.1) is 18.8 Å². The fourth-order valence-electron chi connectivity index (χ4n) is 2.76. The molecule has 0 fully saturated rings. The number of hydrogen-bond donors (Lipinski definition) is 2. The Kier molecular flexibility index (Phi) is 8.18. The molecule has 0 aliphatic rings. The van der Waals surface area contributed by atoms with Gasteiger partial charge in [0.2, 0.25) is 0 Å². The molecule has 29 heavy (non-hydrogen) atoms. The van der Waals surface area contributed by atoms with Crippen LogP contribution in [0.25, 0.3) is 0 Å². The molecular formula is C22H29N3O4. The van der Waals surface area contributed by atoms with Crippen LogP contribution in [-0.2, 0) is 15.9 Å². The van der Waals surface area contributed by atoms with Crippen molar-refractivity contribution >= 4 is 23.1 Å². The number of carbonyl (C=O) groups excluding carboxylic acids is 2. The maximum absolute atomic E-state index is 12.4. The number of benzene rings is 2. The van der Waals surface area contributed by atoms with Crippen molar-refractivity contribution in [3.05, 3.63) is 58.7 Å². The molecule has 2 aromatic carbocycles. The van der Waals surface area contributed by atoms with Crippen molar-refractivity contribution in [3.8, 4) is 0 Å². The summed E-state index contributed by atoms with van der Waals surface area (Å²) in [7, 11) is 3.93. The lowest BCUT2D eigenvalue weighted by Gasteiger charge is -2.12. The summed E-state index contributed by atoms with van der Waals surface area (Å²) in [4.78, 5) is 26.1. The predicted molar refractivity (Wildman–Crippen MR) is 114 cm³/mol. The number of esters is 1. The molecule has 0 amide bonds. The lowest BCUT2D eigenvalue weighted by molar-refractivity contribution is 0.0300. The number of ketones is 1. The normalized spacial score (nSPS) is 10.9. The Bertz CT molecular complexity index is 865. The molecule has 4 N–H and O–H groups in total. The lowest BCUT2D eigenvalue weighted by atomic mass is 9.98. The molecule has 2 aromatic rings. The van der Waals surface area contributed by atoms with Gasteiger partial charge in [-0.15, -0.1) is 0 Å². The molecule has 0 aliphatic carbocycles. The second-order valence-electron chi connectivity index (χ2n) is 7.13. The topological polar surface area (TPSA) is 108 Å². The first-order chi connectivity index (χ1) is 13.8. The van der Waals surface area contributed by atoms with Crippen LogP contribution in [-0.4, -0.2) is 57.1 Å². The summed E-state index contributed by atoms with van der Waals surface area (Å²) in [5.74, 6) is -0.569. The van der Waals surface area contributed by atoms with Gasteiger partial charge in [0, 0.05) is 23.5 Å². The van der Waals surface area contributed by atoms with Crippen LogP contribution in [0.4, 0.5) is 11.4 Å². The van der Waals surface area contributed by atoms with Crippen molar-refractivity contribution < 1.29 is 19.1 Å². The average molecular weight is 399 g/mol. The van der Waals surface area contributed by atoms with Crippen LogP contribution < -0.4 is 11.5 Å². The van der Waals surface area contributed by atoms with Gasteiger partial charge < -0.3 is 25.8 Å². The molecule has 0 heterocycles. The van der Waals surface area contributed by atoms with Crippen molar-refractivity contribution in [3.63, 3.8) is 0 Å². The minimum atomic E-state index is -0.484. The van der Waals surface area contributed by atoms with Crippen LogP contribution >= 0.6 is 0 Å². The molecule has 0 saturated heterocycles. The van der Waals surface area contributed by atoms with Crippen LogP contribution in [0.15, 0.2) is 36.4 Å². The molecule has 0 atom stereocenters. The van der Waals surface area contributed by atoms with Gasteiger partial charge in [0.15, 0.2) is 5.78 Å². The fourth-order valence-corrected chi connectivity index (χ4v) is 2.76. The standard InChI is InChI=1S/C22H29N3O4/c1-15(26)18-13-16(4-6-20(18)23)12-17-5-7-21(24)19(14-17)22(27)29-11-10-28-9-8-25(2)3/h4-7,13-14H,8-12,23-24H2,1-3H3. The van der Waals surface area contributed by atoms with Crippen molar-refractivity contribution in [2.24, 2.45) is 0 Å². The number of likely N-dealkylation sites (N-methyl/N-ethyl adjacent to an activating group) is 1. The van der Waals surface area contributed by atoms with Crippen LogP contribution in [0.3, 0.4) is 0 Å². The van der Waals surface area contributed by atoms with Gasteiger partial charge in [-0.05, 0) is 62.8 Å². The quantitative estimate of drug-likeness (QED) is 0.273. The fraction of sp³-hybridized carbons (Fsp3) is 0.364. The minimum absolute atomic E-state index is 0.0845. The summed E-state index contributed by atoms with van der Waals surface area (Å²) in [6, 6.07) is 10.6. The molecule has 7 heteroatoms. The number of nitrogens with zero attached hydrogens (tertiary/aromatic N) is 1. The van der Waals surface area contributed by atoms with Gasteiger partial charge in [-0.3, -0.25) is 4.79 Å². The molecule has 0 saturated carbocycles. The molecule has 0 bridgehead atoms. The molecule has 0 spiro atoms. The third kappa shape index (κ3) is 6.89. The van der Waals surface area contributed by atoms with Gasteiger partial charge in [0.1, 0.15) is 6.61 Å². The Labute approximate surface area is 171 Å². The maximum atomic E-state index is 12.4. The smallest absolute Gasteiger partial charge is 0.340 e. The van der Waals surface area contributed by atoms with E-state index in [9.17, 15) is 9.59 Å². The van der Waals surface area contributed by atoms with Gasteiger partial charge in [-0.25, -0.2) is 4.79 Å². The molecule has 0 radical (unpaired) electrons. The Morgan fingerprint density at radius 2 is 1.48 bits per heavy atom. The Hall–Kier alpha value is -2.90. The number of Topliss-reactive ketones (excluding diaryl/α,β-unsaturated/α-hetero) is 1. The molecule has 0 unspecified atom stereocenters. The number of ether oxygens (including phenoxy) is 2. The molecule has 7 nitrogen and oxygen atoms in total. The van der Waals surface area contributed by atoms with Crippen LogP contribution in [0.5, 0.6) is 0 Å². The third-order valence-corrected chi connectivity index (χ3v) is 4.39. The maximum Gasteiger partial charge on any atom is 0.340 e. The first kappa shape index (κ1) is 22.4. The van der Waals surface area contributed by atoms with E-state index in [2.05, 4.69) is 0 Å². The highest BCUT2D eigenvalue weighted by Crippen LogP contribution is 2.21. The van der Waals surface area contributed by atoms with E-state index in [0.717, 1.165) is 17.7 Å². The molecule has 2 rings (SSSR count). The van der Waals surface area contributed by atoms with Crippen LogP contribution in [0.1, 0.15) is 38.8 Å². The zero-order valence-electron chi connectivity index (χ0n) is 17.2. The summed E-state index contributed by atoms with van der Waals surface area (Å²) >= 11 is 0. The number of rotatable bonds is 10. The summed E-state index contributed by atoms with van der Waals surface area (Å²) < 4.78 is 10.7. The number of carbonyl (C=O) groups is 2. The van der Waals surface area contributed by atoms with E-state index in [1.54, 1.807) is 24.3 Å². The SMILES string of the molecule is CC(=O)c1cc(Cc2ccc(N)c(C(=O)OCCOCCN(C)C)c2)ccc1N. The Morgan fingerprint density at radius 3 is 2.07 bits per heavy atom. The van der Waals surface area contributed by atoms with E-state index in [-0.39, 0.29) is 12.4 Å². The Morgan fingerprint density at radius 1 is 0.897 bits per heavy atom. The van der Waals surface area contributed by atoms with E-state index in [0.29, 0.717) is 42.1 Å². The van der Waals surface area contributed by atoms with E-state index in [1.165, 1.54) is 6.92 Å². The third-order valence-electron chi connectivity index (χ3n) is 4.39. The summed E-state index contributed by atoms with van der Waals surface area (Å²) in [5, 5.41) is 0. The summed E-state index contributed by atoms with van der Waals surface area (Å²) in [5.41, 5.74) is 15.2. The first-order valence-electron chi connectivity index (χ1n) is 9.45. The number of nitrogen functional groups attached to an aromatic ring is 2. The largest absolute Gasteiger partial charge is 0.460 e. The summed E-state index contributed by atoms with van der Waals surface area (Å²) in [6.45, 7) is 3.36. The van der Waals surface area contributed by atoms with Crippen molar-refractivity contribution in [2.45, 2.75) is 13.3 Å². The molecular weight excluding hydrogens is 370 g/mol. The van der Waals surface area contributed by atoms with E-state index in [4.69, 9.17) is 20.9 Å². The molecule has 0 aliphatic heterocycles. The predicted octanol–water partition coefficient (Wildman–Crippen LogP) is 2.38. The lowest BCUT2D eigenvalue weighted by Crippen LogP contribution is -2.20. The Balaban J connectivity index is 1.99. The van der Waals surface area contributed by atoms with Crippen LogP contribution in [0, 0.1) is 0 Å². The number of anilines is 2. The molecule has 156 valence electrons. The highest BCUT2D eigenvalue weighted by molar-refractivity contribution is 5.99. The highest BCUT2D eigenvalue weighted by atomic mass is 16.6. The van der Waals surface area contributed by atoms with Crippen LogP contribution in [0.2, 0.25) is 0 Å². The monoisotopic (exact) mass is 399 g/mol. The second-order valence-corrected chi connectivity index (χ2v) is 7.13. The van der Waals surface area contributed by atoms with Gasteiger partial charge in [-0.1, -0.05) is 12.1 Å². The number of nitrogens with two attached hydrogens (primary N) is 2. The number of hydrogen-bond acceptors (Lipinski definition) is 7. The highest BCUT2D eigenvalue weighted by Gasteiger charge is 2.13. The van der Waals surface area contributed by atoms with Crippen molar-refractivity contribution in [1.29, 1.82) is 0 Å². The summed E-state index contributed by atoms with van der Waals surface area (Å²) in [6.07, 6.45) is 0.536. The minimum Gasteiger partial charge on any atom is -0.460 e. The van der Waals surface area contributed by atoms with Crippen molar-refractivity contribution in [2.75, 3.05) is 51.9 Å². The van der Waals surface area contributed by atoms with Gasteiger partial charge in [-0.2, -0.15) is 0 Å². The van der Waals surface area contributed by atoms with Crippen molar-refractivity contribution in [1.82, 2.24) is 4.90 Å². The first-order valence-corrected chi connectivity index (χ1v) is 9.45. The second kappa shape index (κ2) is 10.6. The average Bonchev–Trinajstić information content (AvgIpc) is 2.67. The molecule has 0 aromatic heterocycles. The van der Waals surface area contributed by atoms with Gasteiger partial charge in [0.25, 0.3) is 0 Å².